The lowest BCUT2D eigenvalue weighted by molar-refractivity contribution is -0.130. The van der Waals surface area contributed by atoms with Gasteiger partial charge in [0.2, 0.25) is 11.8 Å². The third kappa shape index (κ3) is 4.01. The summed E-state index contributed by atoms with van der Waals surface area (Å²) in [6.07, 6.45) is 1.20. The summed E-state index contributed by atoms with van der Waals surface area (Å²) in [5, 5.41) is 2.72. The van der Waals surface area contributed by atoms with Gasteiger partial charge in [0.15, 0.2) is 0 Å². The quantitative estimate of drug-likeness (QED) is 0.894. The van der Waals surface area contributed by atoms with E-state index in [9.17, 15) is 14.0 Å². The number of halogens is 1. The first-order valence-electron chi connectivity index (χ1n) is 7.01. The van der Waals surface area contributed by atoms with E-state index in [2.05, 4.69) is 5.32 Å². The Hall–Kier alpha value is -1.95. The number of amides is 2. The highest BCUT2D eigenvalue weighted by Crippen LogP contribution is 2.18. The average molecular weight is 294 g/mol. The molecule has 21 heavy (non-hydrogen) atoms. The highest BCUT2D eigenvalue weighted by atomic mass is 19.1. The molecule has 0 saturated carbocycles. The fourth-order valence-electron chi connectivity index (χ4n) is 2.31. The lowest BCUT2D eigenvalue weighted by atomic mass is 10.2. The summed E-state index contributed by atoms with van der Waals surface area (Å²) in [5.74, 6) is -0.908. The molecule has 1 aromatic rings. The maximum Gasteiger partial charge on any atom is 0.249 e. The van der Waals surface area contributed by atoms with Crippen LogP contribution >= 0.6 is 0 Å². The number of nitrogens with one attached hydrogen (secondary N) is 1. The first-order valence-corrected chi connectivity index (χ1v) is 7.01. The molecule has 1 fully saturated rings. The molecular formula is C15H19FN2O3. The van der Waals surface area contributed by atoms with Crippen molar-refractivity contribution >= 4 is 17.5 Å². The molecule has 1 atom stereocenters. The number of para-hydroxylation sites is 1. The Morgan fingerprint density at radius 2 is 2.19 bits per heavy atom. The van der Waals surface area contributed by atoms with Crippen molar-refractivity contribution in [1.29, 1.82) is 0 Å². The van der Waals surface area contributed by atoms with Gasteiger partial charge in [0, 0.05) is 26.6 Å². The van der Waals surface area contributed by atoms with Crippen LogP contribution in [0.5, 0.6) is 0 Å². The van der Waals surface area contributed by atoms with Crippen LogP contribution in [0.2, 0.25) is 0 Å². The molecule has 0 aliphatic carbocycles. The Morgan fingerprint density at radius 3 is 2.81 bits per heavy atom. The molecule has 1 aliphatic heterocycles. The number of carbonyl (C=O) groups excluding carboxylic acids is 2. The van der Waals surface area contributed by atoms with Crippen LogP contribution in [0.4, 0.5) is 10.1 Å². The van der Waals surface area contributed by atoms with E-state index in [-0.39, 0.29) is 30.6 Å². The van der Waals surface area contributed by atoms with E-state index in [4.69, 9.17) is 4.74 Å². The number of hydrogen-bond acceptors (Lipinski definition) is 3. The van der Waals surface area contributed by atoms with Gasteiger partial charge >= 0.3 is 0 Å². The van der Waals surface area contributed by atoms with Crippen LogP contribution in [0.3, 0.4) is 0 Å². The van der Waals surface area contributed by atoms with Gasteiger partial charge in [-0.05, 0) is 25.0 Å². The molecule has 6 heteroatoms. The van der Waals surface area contributed by atoms with E-state index in [0.29, 0.717) is 6.61 Å². The van der Waals surface area contributed by atoms with E-state index >= 15 is 0 Å². The smallest absolute Gasteiger partial charge is 0.249 e. The van der Waals surface area contributed by atoms with E-state index in [1.165, 1.54) is 17.9 Å². The monoisotopic (exact) mass is 294 g/mol. The van der Waals surface area contributed by atoms with E-state index in [0.717, 1.165) is 12.8 Å². The lowest BCUT2D eigenvalue weighted by Crippen LogP contribution is -2.41. The Bertz CT molecular complexity index is 515. The Kier molecular flexibility index (Phi) is 5.27. The second kappa shape index (κ2) is 7.17. The molecule has 1 saturated heterocycles. The maximum absolute atomic E-state index is 13.7. The molecule has 0 aromatic heterocycles. The number of ether oxygens (including phenoxy) is 1. The molecule has 5 nitrogen and oxygen atoms in total. The molecule has 1 aliphatic rings. The van der Waals surface area contributed by atoms with Crippen molar-refractivity contribution in [2.24, 2.45) is 0 Å². The molecule has 1 unspecified atom stereocenters. The molecular weight excluding hydrogens is 275 g/mol. The highest BCUT2D eigenvalue weighted by molar-refractivity contribution is 5.91. The van der Waals surface area contributed by atoms with Crippen molar-refractivity contribution in [3.63, 3.8) is 0 Å². The predicted molar refractivity (Wildman–Crippen MR) is 76.4 cm³/mol. The van der Waals surface area contributed by atoms with Crippen LogP contribution in [-0.2, 0) is 14.3 Å². The minimum Gasteiger partial charge on any atom is -0.368 e. The van der Waals surface area contributed by atoms with Crippen molar-refractivity contribution in [1.82, 2.24) is 5.32 Å². The second-order valence-corrected chi connectivity index (χ2v) is 4.91. The first kappa shape index (κ1) is 15.4. The zero-order valence-corrected chi connectivity index (χ0v) is 12.0. The van der Waals surface area contributed by atoms with Gasteiger partial charge in [0.05, 0.1) is 5.69 Å². The third-order valence-electron chi connectivity index (χ3n) is 3.38. The first-order chi connectivity index (χ1) is 10.1. The van der Waals surface area contributed by atoms with Crippen molar-refractivity contribution in [2.45, 2.75) is 25.9 Å². The number of anilines is 1. The number of hydrogen-bond donors (Lipinski definition) is 1. The minimum absolute atomic E-state index is 0.176. The van der Waals surface area contributed by atoms with E-state index in [1.807, 2.05) is 0 Å². The number of carbonyl (C=O) groups is 2. The van der Waals surface area contributed by atoms with Crippen LogP contribution in [0.25, 0.3) is 0 Å². The van der Waals surface area contributed by atoms with Crippen molar-refractivity contribution in [3.05, 3.63) is 30.1 Å². The zero-order chi connectivity index (χ0) is 15.2. The van der Waals surface area contributed by atoms with Crippen molar-refractivity contribution in [2.75, 3.05) is 24.6 Å². The number of rotatable bonds is 5. The summed E-state index contributed by atoms with van der Waals surface area (Å²) in [4.78, 5) is 24.7. The van der Waals surface area contributed by atoms with Gasteiger partial charge in [-0.15, -0.1) is 0 Å². The van der Waals surface area contributed by atoms with Crippen LogP contribution in [0, 0.1) is 5.82 Å². The molecule has 114 valence electrons. The largest absolute Gasteiger partial charge is 0.368 e. The SMILES string of the molecule is CC(=O)N(CCNC(=O)C1CCCO1)c1ccccc1F. The second-order valence-electron chi connectivity index (χ2n) is 4.91. The van der Waals surface area contributed by atoms with Gasteiger partial charge in [-0.3, -0.25) is 9.59 Å². The van der Waals surface area contributed by atoms with Crippen LogP contribution in [-0.4, -0.2) is 37.6 Å². The summed E-state index contributed by atoms with van der Waals surface area (Å²) in [6.45, 7) is 2.45. The molecule has 0 bridgehead atoms. The fourth-order valence-corrected chi connectivity index (χ4v) is 2.31. The van der Waals surface area contributed by atoms with Crippen molar-refractivity contribution < 1.29 is 18.7 Å². The summed E-state index contributed by atoms with van der Waals surface area (Å²) in [7, 11) is 0. The van der Waals surface area contributed by atoms with E-state index in [1.54, 1.807) is 18.2 Å². The van der Waals surface area contributed by atoms with Crippen LogP contribution in [0.15, 0.2) is 24.3 Å². The highest BCUT2D eigenvalue weighted by Gasteiger charge is 2.23. The van der Waals surface area contributed by atoms with Gasteiger partial charge in [0.1, 0.15) is 11.9 Å². The van der Waals surface area contributed by atoms with Crippen LogP contribution < -0.4 is 10.2 Å². The number of nitrogens with zero attached hydrogens (tertiary/aromatic N) is 1. The zero-order valence-electron chi connectivity index (χ0n) is 12.0. The predicted octanol–water partition coefficient (Wildman–Crippen LogP) is 1.47. The summed E-state index contributed by atoms with van der Waals surface area (Å²) >= 11 is 0. The molecule has 1 N–H and O–H groups in total. The lowest BCUT2D eigenvalue weighted by Gasteiger charge is -2.22. The van der Waals surface area contributed by atoms with Crippen molar-refractivity contribution in [3.8, 4) is 0 Å². The Labute approximate surface area is 123 Å². The third-order valence-corrected chi connectivity index (χ3v) is 3.38. The topological polar surface area (TPSA) is 58.6 Å². The Balaban J connectivity index is 1.90. The van der Waals surface area contributed by atoms with Gasteiger partial charge in [-0.1, -0.05) is 12.1 Å². The average Bonchev–Trinajstić information content (AvgIpc) is 2.98. The summed E-state index contributed by atoms with van der Waals surface area (Å²) < 4.78 is 19.0. The van der Waals surface area contributed by atoms with Crippen LogP contribution in [0.1, 0.15) is 19.8 Å². The Morgan fingerprint density at radius 1 is 1.43 bits per heavy atom. The standard InChI is InChI=1S/C15H19FN2O3/c1-11(19)18(13-6-3-2-5-12(13)16)9-8-17-15(20)14-7-4-10-21-14/h2-3,5-6,14H,4,7-10H2,1H3,(H,17,20). The molecule has 0 radical (unpaired) electrons. The maximum atomic E-state index is 13.7. The summed E-state index contributed by atoms with van der Waals surface area (Å²) in [6, 6.07) is 6.07. The molecule has 2 rings (SSSR count). The number of benzene rings is 1. The summed E-state index contributed by atoms with van der Waals surface area (Å²) in [5.41, 5.74) is 0.219. The molecule has 1 heterocycles. The minimum atomic E-state index is -0.460. The van der Waals surface area contributed by atoms with E-state index < -0.39 is 11.9 Å². The molecule has 2 amide bonds. The van der Waals surface area contributed by atoms with Gasteiger partial charge in [-0.25, -0.2) is 4.39 Å². The van der Waals surface area contributed by atoms with Gasteiger partial charge < -0.3 is 15.0 Å². The molecule has 1 aromatic carbocycles. The fraction of sp³-hybridized carbons (Fsp3) is 0.467. The normalized spacial score (nSPS) is 17.5. The molecule has 0 spiro atoms. The van der Waals surface area contributed by atoms with Gasteiger partial charge in [0.25, 0.3) is 0 Å². The van der Waals surface area contributed by atoms with Gasteiger partial charge in [-0.2, -0.15) is 0 Å².